The summed E-state index contributed by atoms with van der Waals surface area (Å²) in [5.74, 6) is 0.840. The number of carbonyl (C=O) groups is 1. The van der Waals surface area contributed by atoms with Crippen molar-refractivity contribution in [2.45, 2.75) is 52.4 Å². The number of nitrogens with zero attached hydrogens (tertiary/aromatic N) is 2. The summed E-state index contributed by atoms with van der Waals surface area (Å²) < 4.78 is 0. The monoisotopic (exact) mass is 241 g/mol. The van der Waals surface area contributed by atoms with Crippen LogP contribution in [-0.4, -0.2) is 54.6 Å². The quantitative estimate of drug-likeness (QED) is 0.784. The van der Waals surface area contributed by atoms with Gasteiger partial charge in [0.1, 0.15) is 0 Å². The molecule has 1 fully saturated rings. The zero-order valence-corrected chi connectivity index (χ0v) is 12.0. The first-order valence-electron chi connectivity index (χ1n) is 6.55. The summed E-state index contributed by atoms with van der Waals surface area (Å²) in [7, 11) is 4.11. The van der Waals surface area contributed by atoms with Crippen molar-refractivity contribution in [1.29, 1.82) is 0 Å². The molecule has 1 aliphatic heterocycles. The summed E-state index contributed by atoms with van der Waals surface area (Å²) in [4.78, 5) is 16.3. The Bertz CT molecular complexity index is 265. The van der Waals surface area contributed by atoms with Crippen LogP contribution in [0.2, 0.25) is 0 Å². The van der Waals surface area contributed by atoms with Gasteiger partial charge in [0.25, 0.3) is 0 Å². The van der Waals surface area contributed by atoms with Gasteiger partial charge >= 0.3 is 0 Å². The fraction of sp³-hybridized carbons (Fsp3) is 0.923. The van der Waals surface area contributed by atoms with Gasteiger partial charge in [0.05, 0.1) is 12.2 Å². The normalized spacial score (nSPS) is 27.3. The number of nitrogens with one attached hydrogen (secondary N) is 1. The Kier molecular flexibility index (Phi) is 4.95. The molecule has 4 nitrogen and oxygen atoms in total. The van der Waals surface area contributed by atoms with E-state index in [0.29, 0.717) is 12.0 Å². The first-order valence-corrected chi connectivity index (χ1v) is 6.55. The van der Waals surface area contributed by atoms with E-state index >= 15 is 0 Å². The molecule has 1 rings (SSSR count). The molecule has 3 atom stereocenters. The second-order valence-corrected chi connectivity index (χ2v) is 5.84. The molecule has 0 saturated carbocycles. The largest absolute Gasteiger partial charge is 0.324 e. The molecule has 100 valence electrons. The molecule has 1 N–H and O–H groups in total. The van der Waals surface area contributed by atoms with Gasteiger partial charge in [-0.2, -0.15) is 0 Å². The SMILES string of the molecule is CC(C)CC1NC(C)C(=O)N1CC(C)N(C)C. The molecule has 17 heavy (non-hydrogen) atoms. The Labute approximate surface area is 105 Å². The lowest BCUT2D eigenvalue weighted by Crippen LogP contribution is -2.45. The van der Waals surface area contributed by atoms with Crippen LogP contribution >= 0.6 is 0 Å². The average Bonchev–Trinajstić information content (AvgIpc) is 2.44. The van der Waals surface area contributed by atoms with E-state index in [-0.39, 0.29) is 18.1 Å². The molecule has 0 bridgehead atoms. The lowest BCUT2D eigenvalue weighted by molar-refractivity contribution is -0.130. The van der Waals surface area contributed by atoms with Crippen molar-refractivity contribution < 1.29 is 4.79 Å². The lowest BCUT2D eigenvalue weighted by Gasteiger charge is -2.30. The van der Waals surface area contributed by atoms with Crippen molar-refractivity contribution in [3.63, 3.8) is 0 Å². The lowest BCUT2D eigenvalue weighted by atomic mass is 10.1. The fourth-order valence-corrected chi connectivity index (χ4v) is 2.16. The Balaban J connectivity index is 2.67. The molecule has 1 aliphatic rings. The highest BCUT2D eigenvalue weighted by molar-refractivity contribution is 5.83. The molecule has 0 aromatic carbocycles. The number of amides is 1. The van der Waals surface area contributed by atoms with E-state index in [0.717, 1.165) is 13.0 Å². The Morgan fingerprint density at radius 3 is 2.41 bits per heavy atom. The highest BCUT2D eigenvalue weighted by Gasteiger charge is 2.36. The van der Waals surface area contributed by atoms with Crippen molar-refractivity contribution in [3.05, 3.63) is 0 Å². The van der Waals surface area contributed by atoms with Gasteiger partial charge in [0.2, 0.25) is 5.91 Å². The van der Waals surface area contributed by atoms with E-state index in [9.17, 15) is 4.79 Å². The van der Waals surface area contributed by atoms with Gasteiger partial charge in [-0.1, -0.05) is 13.8 Å². The zero-order valence-electron chi connectivity index (χ0n) is 12.0. The van der Waals surface area contributed by atoms with Gasteiger partial charge in [-0.25, -0.2) is 0 Å². The predicted molar refractivity (Wildman–Crippen MR) is 70.7 cm³/mol. The van der Waals surface area contributed by atoms with Crippen LogP contribution in [0.25, 0.3) is 0 Å². The Hall–Kier alpha value is -0.610. The molecule has 0 aromatic heterocycles. The van der Waals surface area contributed by atoms with Gasteiger partial charge in [-0.05, 0) is 40.3 Å². The van der Waals surface area contributed by atoms with Gasteiger partial charge in [0, 0.05) is 12.6 Å². The van der Waals surface area contributed by atoms with Crippen LogP contribution in [0.5, 0.6) is 0 Å². The molecule has 1 amide bonds. The summed E-state index contributed by atoms with van der Waals surface area (Å²) in [5, 5.41) is 3.39. The Morgan fingerprint density at radius 1 is 1.35 bits per heavy atom. The zero-order chi connectivity index (χ0) is 13.2. The van der Waals surface area contributed by atoms with Crippen LogP contribution in [0.4, 0.5) is 0 Å². The standard InChI is InChI=1S/C13H27N3O/c1-9(2)7-12-14-11(4)13(17)16(12)8-10(3)15(5)6/h9-12,14H,7-8H2,1-6H3. The second kappa shape index (κ2) is 5.83. The molecule has 0 radical (unpaired) electrons. The van der Waals surface area contributed by atoms with E-state index in [1.165, 1.54) is 0 Å². The first-order chi connectivity index (χ1) is 7.82. The highest BCUT2D eigenvalue weighted by Crippen LogP contribution is 2.18. The Morgan fingerprint density at radius 2 is 1.94 bits per heavy atom. The van der Waals surface area contributed by atoms with Crippen molar-refractivity contribution in [2.75, 3.05) is 20.6 Å². The number of hydrogen-bond donors (Lipinski definition) is 1. The van der Waals surface area contributed by atoms with E-state index < -0.39 is 0 Å². The maximum atomic E-state index is 12.1. The molecule has 0 aromatic rings. The third-order valence-corrected chi connectivity index (χ3v) is 3.51. The van der Waals surface area contributed by atoms with Crippen molar-refractivity contribution >= 4 is 5.91 Å². The molecule has 0 aliphatic carbocycles. The highest BCUT2D eigenvalue weighted by atomic mass is 16.2. The summed E-state index contributed by atoms with van der Waals surface area (Å²) in [5.41, 5.74) is 0. The van der Waals surface area contributed by atoms with Gasteiger partial charge < -0.3 is 9.80 Å². The minimum atomic E-state index is -0.0342. The summed E-state index contributed by atoms with van der Waals surface area (Å²) in [6.07, 6.45) is 1.23. The number of rotatable bonds is 5. The van der Waals surface area contributed by atoms with Crippen LogP contribution in [0.1, 0.15) is 34.1 Å². The summed E-state index contributed by atoms with van der Waals surface area (Å²) in [6.45, 7) is 9.31. The van der Waals surface area contributed by atoms with E-state index in [2.05, 4.69) is 45.1 Å². The van der Waals surface area contributed by atoms with Crippen LogP contribution in [0.3, 0.4) is 0 Å². The minimum absolute atomic E-state index is 0.0342. The van der Waals surface area contributed by atoms with Gasteiger partial charge in [0.15, 0.2) is 0 Å². The van der Waals surface area contributed by atoms with Crippen LogP contribution in [-0.2, 0) is 4.79 Å². The first kappa shape index (κ1) is 14.5. The molecular weight excluding hydrogens is 214 g/mol. The third kappa shape index (κ3) is 3.68. The van der Waals surface area contributed by atoms with Crippen LogP contribution in [0.15, 0.2) is 0 Å². The molecule has 0 spiro atoms. The molecule has 1 heterocycles. The van der Waals surface area contributed by atoms with Gasteiger partial charge in [-0.15, -0.1) is 0 Å². The van der Waals surface area contributed by atoms with Crippen LogP contribution < -0.4 is 5.32 Å². The van der Waals surface area contributed by atoms with Crippen LogP contribution in [0, 0.1) is 5.92 Å². The van der Waals surface area contributed by atoms with Crippen molar-refractivity contribution in [2.24, 2.45) is 5.92 Å². The van der Waals surface area contributed by atoms with E-state index in [1.807, 2.05) is 11.8 Å². The molecule has 4 heteroatoms. The summed E-state index contributed by atoms with van der Waals surface area (Å²) in [6, 6.07) is 0.355. The predicted octanol–water partition coefficient (Wildman–Crippen LogP) is 1.13. The number of carbonyl (C=O) groups excluding carboxylic acids is 1. The number of likely N-dealkylation sites (N-methyl/N-ethyl adjacent to an activating group) is 1. The van der Waals surface area contributed by atoms with E-state index in [1.54, 1.807) is 0 Å². The maximum absolute atomic E-state index is 12.1. The second-order valence-electron chi connectivity index (χ2n) is 5.84. The molecular formula is C13H27N3O. The minimum Gasteiger partial charge on any atom is -0.324 e. The molecule has 1 saturated heterocycles. The topological polar surface area (TPSA) is 35.6 Å². The molecule has 3 unspecified atom stereocenters. The smallest absolute Gasteiger partial charge is 0.240 e. The van der Waals surface area contributed by atoms with Crippen molar-refractivity contribution in [1.82, 2.24) is 15.1 Å². The average molecular weight is 241 g/mol. The fourth-order valence-electron chi connectivity index (χ4n) is 2.16. The third-order valence-electron chi connectivity index (χ3n) is 3.51. The maximum Gasteiger partial charge on any atom is 0.240 e. The number of hydrogen-bond acceptors (Lipinski definition) is 3. The van der Waals surface area contributed by atoms with E-state index in [4.69, 9.17) is 0 Å². The summed E-state index contributed by atoms with van der Waals surface area (Å²) >= 11 is 0. The van der Waals surface area contributed by atoms with Crippen molar-refractivity contribution in [3.8, 4) is 0 Å². The van der Waals surface area contributed by atoms with Gasteiger partial charge in [-0.3, -0.25) is 10.1 Å².